The van der Waals surface area contributed by atoms with Gasteiger partial charge in [-0.25, -0.2) is 0 Å². The molecule has 1 aliphatic rings. The SMILES string of the molecule is C=C(C)[C@@H]1[C@H](C(=O)OC(C)(C)C)N1Cc1ccccc1. The van der Waals surface area contributed by atoms with Crippen molar-refractivity contribution >= 4 is 5.97 Å². The Morgan fingerprint density at radius 1 is 1.25 bits per heavy atom. The minimum absolute atomic E-state index is 0.102. The average Bonchev–Trinajstić information content (AvgIpc) is 3.02. The van der Waals surface area contributed by atoms with Crippen LogP contribution in [0.2, 0.25) is 0 Å². The minimum atomic E-state index is -0.447. The molecule has 20 heavy (non-hydrogen) atoms. The van der Waals surface area contributed by atoms with Gasteiger partial charge in [-0.3, -0.25) is 9.69 Å². The summed E-state index contributed by atoms with van der Waals surface area (Å²) in [7, 11) is 0. The first-order chi connectivity index (χ1) is 9.29. The third kappa shape index (κ3) is 3.48. The topological polar surface area (TPSA) is 29.3 Å². The Morgan fingerprint density at radius 3 is 2.35 bits per heavy atom. The van der Waals surface area contributed by atoms with Crippen LogP contribution in [0.4, 0.5) is 0 Å². The number of hydrogen-bond acceptors (Lipinski definition) is 3. The van der Waals surface area contributed by atoms with Crippen LogP contribution in [-0.2, 0) is 16.1 Å². The van der Waals surface area contributed by atoms with Gasteiger partial charge in [-0.1, -0.05) is 42.5 Å². The zero-order chi connectivity index (χ0) is 14.9. The molecule has 3 heteroatoms. The first kappa shape index (κ1) is 14.8. The van der Waals surface area contributed by atoms with Crippen LogP contribution in [0.25, 0.3) is 0 Å². The van der Waals surface area contributed by atoms with Crippen molar-refractivity contribution in [3.8, 4) is 0 Å². The number of carbonyl (C=O) groups is 1. The summed E-state index contributed by atoms with van der Waals surface area (Å²) in [6.45, 7) is 12.4. The zero-order valence-corrected chi connectivity index (χ0v) is 12.7. The molecule has 0 radical (unpaired) electrons. The van der Waals surface area contributed by atoms with E-state index in [1.165, 1.54) is 5.56 Å². The monoisotopic (exact) mass is 273 g/mol. The maximum Gasteiger partial charge on any atom is 0.325 e. The molecule has 0 spiro atoms. The van der Waals surface area contributed by atoms with Crippen LogP contribution in [0.15, 0.2) is 42.5 Å². The van der Waals surface area contributed by atoms with Crippen molar-refractivity contribution in [2.45, 2.75) is 51.9 Å². The van der Waals surface area contributed by atoms with Crippen LogP contribution in [0.1, 0.15) is 33.3 Å². The van der Waals surface area contributed by atoms with Gasteiger partial charge in [0.25, 0.3) is 0 Å². The summed E-state index contributed by atoms with van der Waals surface area (Å²) >= 11 is 0. The molecular formula is C17H23NO2. The van der Waals surface area contributed by atoms with Gasteiger partial charge in [0.1, 0.15) is 11.6 Å². The van der Waals surface area contributed by atoms with Crippen molar-refractivity contribution in [1.29, 1.82) is 0 Å². The first-order valence-electron chi connectivity index (χ1n) is 6.97. The second-order valence-corrected chi connectivity index (χ2v) is 6.43. The molecule has 1 saturated heterocycles. The van der Waals surface area contributed by atoms with Crippen LogP contribution in [-0.4, -0.2) is 28.6 Å². The van der Waals surface area contributed by atoms with Crippen molar-refractivity contribution in [3.05, 3.63) is 48.0 Å². The number of carbonyl (C=O) groups excluding carboxylic acids is 1. The molecule has 1 aromatic rings. The van der Waals surface area contributed by atoms with Crippen LogP contribution in [0.5, 0.6) is 0 Å². The molecule has 1 aromatic carbocycles. The Kier molecular flexibility index (Phi) is 4.00. The molecule has 0 aliphatic carbocycles. The largest absolute Gasteiger partial charge is 0.459 e. The fourth-order valence-electron chi connectivity index (χ4n) is 2.45. The van der Waals surface area contributed by atoms with Crippen molar-refractivity contribution in [3.63, 3.8) is 0 Å². The highest BCUT2D eigenvalue weighted by Crippen LogP contribution is 2.36. The summed E-state index contributed by atoms with van der Waals surface area (Å²) in [4.78, 5) is 14.4. The number of hydrogen-bond donors (Lipinski definition) is 0. The minimum Gasteiger partial charge on any atom is -0.459 e. The van der Waals surface area contributed by atoms with E-state index in [0.717, 1.165) is 12.1 Å². The van der Waals surface area contributed by atoms with Crippen molar-refractivity contribution in [2.24, 2.45) is 0 Å². The van der Waals surface area contributed by atoms with Gasteiger partial charge in [-0.2, -0.15) is 0 Å². The first-order valence-corrected chi connectivity index (χ1v) is 6.97. The molecule has 108 valence electrons. The summed E-state index contributed by atoms with van der Waals surface area (Å²) in [5.74, 6) is -0.151. The van der Waals surface area contributed by atoms with Gasteiger partial charge >= 0.3 is 5.97 Å². The van der Waals surface area contributed by atoms with E-state index in [1.54, 1.807) is 0 Å². The van der Waals surface area contributed by atoms with Gasteiger partial charge in [0.15, 0.2) is 0 Å². The number of nitrogens with zero attached hydrogens (tertiary/aromatic N) is 1. The predicted molar refractivity (Wildman–Crippen MR) is 80.2 cm³/mol. The van der Waals surface area contributed by atoms with E-state index in [4.69, 9.17) is 4.74 Å². The molecule has 1 heterocycles. The molecule has 2 rings (SSSR count). The Morgan fingerprint density at radius 2 is 1.85 bits per heavy atom. The van der Waals surface area contributed by atoms with Gasteiger partial charge in [-0.05, 0) is 33.3 Å². The predicted octanol–water partition coefficient (Wildman–Crippen LogP) is 3.16. The van der Waals surface area contributed by atoms with Crippen molar-refractivity contribution in [1.82, 2.24) is 4.90 Å². The van der Waals surface area contributed by atoms with E-state index < -0.39 is 5.60 Å². The summed E-state index contributed by atoms with van der Waals surface area (Å²) in [6, 6.07) is 10.1. The van der Waals surface area contributed by atoms with E-state index >= 15 is 0 Å². The Bertz CT molecular complexity index is 501. The normalized spacial score (nSPS) is 25.1. The molecular weight excluding hydrogens is 250 g/mol. The van der Waals surface area contributed by atoms with Crippen molar-refractivity contribution < 1.29 is 9.53 Å². The lowest BCUT2D eigenvalue weighted by Crippen LogP contribution is -2.28. The molecule has 3 atom stereocenters. The molecule has 0 amide bonds. The smallest absolute Gasteiger partial charge is 0.325 e. The van der Waals surface area contributed by atoms with E-state index in [9.17, 15) is 4.79 Å². The summed E-state index contributed by atoms with van der Waals surface area (Å²) < 4.78 is 5.49. The maximum absolute atomic E-state index is 12.2. The van der Waals surface area contributed by atoms with Gasteiger partial charge in [0.2, 0.25) is 0 Å². The van der Waals surface area contributed by atoms with Gasteiger partial charge in [-0.15, -0.1) is 0 Å². The molecule has 0 aromatic heterocycles. The molecule has 1 aliphatic heterocycles. The van der Waals surface area contributed by atoms with Crippen LogP contribution in [0, 0.1) is 0 Å². The Balaban J connectivity index is 2.05. The fourth-order valence-corrected chi connectivity index (χ4v) is 2.45. The van der Waals surface area contributed by atoms with E-state index in [-0.39, 0.29) is 18.1 Å². The molecule has 1 unspecified atom stereocenters. The molecule has 1 fully saturated rings. The maximum atomic E-state index is 12.2. The van der Waals surface area contributed by atoms with Crippen LogP contribution < -0.4 is 0 Å². The number of ether oxygens (including phenoxy) is 1. The van der Waals surface area contributed by atoms with E-state index in [2.05, 4.69) is 23.6 Å². The number of rotatable bonds is 4. The van der Waals surface area contributed by atoms with Crippen molar-refractivity contribution in [2.75, 3.05) is 0 Å². The lowest BCUT2D eigenvalue weighted by molar-refractivity contribution is -0.155. The molecule has 0 N–H and O–H groups in total. The fraction of sp³-hybridized carbons (Fsp3) is 0.471. The number of esters is 1. The highest BCUT2D eigenvalue weighted by Gasteiger charge is 2.54. The highest BCUT2D eigenvalue weighted by molar-refractivity contribution is 5.81. The van der Waals surface area contributed by atoms with Gasteiger partial charge < -0.3 is 4.74 Å². The van der Waals surface area contributed by atoms with E-state index in [1.807, 2.05) is 45.9 Å². The quantitative estimate of drug-likeness (QED) is 0.479. The lowest BCUT2D eigenvalue weighted by Gasteiger charge is -2.19. The Hall–Kier alpha value is -1.61. The van der Waals surface area contributed by atoms with Crippen LogP contribution >= 0.6 is 0 Å². The average molecular weight is 273 g/mol. The highest BCUT2D eigenvalue weighted by atomic mass is 16.6. The molecule has 0 saturated carbocycles. The Labute approximate surface area is 121 Å². The zero-order valence-electron chi connectivity index (χ0n) is 12.7. The summed E-state index contributed by atoms with van der Waals surface area (Å²) in [5.41, 5.74) is 1.76. The standard InChI is InChI=1S/C17H23NO2/c1-12(2)14-15(16(19)20-17(3,4)5)18(14)11-13-9-7-6-8-10-13/h6-10,14-15H,1,11H2,2-5H3/t14-,15-,18?/m1/s1. The van der Waals surface area contributed by atoms with Gasteiger partial charge in [0, 0.05) is 6.54 Å². The third-order valence-electron chi connectivity index (χ3n) is 3.29. The molecule has 3 nitrogen and oxygen atoms in total. The summed E-state index contributed by atoms with van der Waals surface area (Å²) in [5, 5.41) is 0. The summed E-state index contributed by atoms with van der Waals surface area (Å²) in [6.07, 6.45) is 0. The second-order valence-electron chi connectivity index (χ2n) is 6.43. The lowest BCUT2D eigenvalue weighted by atomic mass is 10.1. The third-order valence-corrected chi connectivity index (χ3v) is 3.29. The second kappa shape index (κ2) is 5.41. The molecule has 0 bridgehead atoms. The van der Waals surface area contributed by atoms with Gasteiger partial charge in [0.05, 0.1) is 6.04 Å². The van der Waals surface area contributed by atoms with E-state index in [0.29, 0.717) is 0 Å². The van der Waals surface area contributed by atoms with Crippen LogP contribution in [0.3, 0.4) is 0 Å². The number of benzene rings is 1.